The summed E-state index contributed by atoms with van der Waals surface area (Å²) in [5, 5.41) is 5.30. The van der Waals surface area contributed by atoms with Crippen LogP contribution in [0.5, 0.6) is 0 Å². The molecule has 4 aromatic rings. The molecule has 0 bridgehead atoms. The van der Waals surface area contributed by atoms with E-state index < -0.39 is 0 Å². The maximum Gasteiger partial charge on any atom is 0.231 e. The van der Waals surface area contributed by atoms with Gasteiger partial charge in [0.25, 0.3) is 0 Å². The fraction of sp³-hybridized carbons (Fsp3) is 0.318. The Morgan fingerprint density at radius 3 is 2.83 bits per heavy atom. The highest BCUT2D eigenvalue weighted by molar-refractivity contribution is 5.82. The fourth-order valence-corrected chi connectivity index (χ4v) is 3.75. The van der Waals surface area contributed by atoms with Crippen LogP contribution >= 0.6 is 0 Å². The molecule has 7 heteroatoms. The van der Waals surface area contributed by atoms with Crippen LogP contribution in [-0.2, 0) is 17.6 Å². The lowest BCUT2D eigenvalue weighted by molar-refractivity contribution is 0.122. The van der Waals surface area contributed by atoms with Crippen LogP contribution in [0.25, 0.3) is 22.4 Å². The Balaban J connectivity index is 1.42. The molecule has 4 heterocycles. The Labute approximate surface area is 168 Å². The summed E-state index contributed by atoms with van der Waals surface area (Å²) in [7, 11) is 0. The third-order valence-electron chi connectivity index (χ3n) is 5.24. The number of fused-ring (bicyclic) bond motifs is 1. The first kappa shape index (κ1) is 17.9. The average molecular weight is 390 g/mol. The van der Waals surface area contributed by atoms with Crippen molar-refractivity contribution in [3.63, 3.8) is 0 Å². The molecule has 148 valence electrons. The summed E-state index contributed by atoms with van der Waals surface area (Å²) in [6, 6.07) is 12.0. The summed E-state index contributed by atoms with van der Waals surface area (Å²) in [4.78, 5) is 11.3. The number of morpholine rings is 1. The SMILES string of the molecule is CCc1oc2ccccc2c1Cc1nc(-c2ccnc(N3CCOCC3)c2)no1. The highest BCUT2D eigenvalue weighted by Gasteiger charge is 2.18. The molecular formula is C22H22N4O3. The van der Waals surface area contributed by atoms with Crippen LogP contribution in [0, 0.1) is 0 Å². The van der Waals surface area contributed by atoms with Crippen LogP contribution in [0.2, 0.25) is 0 Å². The molecule has 0 radical (unpaired) electrons. The van der Waals surface area contributed by atoms with Gasteiger partial charge in [0.1, 0.15) is 17.2 Å². The Kier molecular flexibility index (Phi) is 4.73. The zero-order valence-electron chi connectivity index (χ0n) is 16.3. The fourth-order valence-electron chi connectivity index (χ4n) is 3.75. The molecule has 0 aliphatic carbocycles. The maximum absolute atomic E-state index is 5.98. The average Bonchev–Trinajstić information content (AvgIpc) is 3.40. The Hall–Kier alpha value is -3.19. The van der Waals surface area contributed by atoms with Gasteiger partial charge in [0.15, 0.2) is 0 Å². The van der Waals surface area contributed by atoms with E-state index in [1.807, 2.05) is 30.3 Å². The van der Waals surface area contributed by atoms with Gasteiger partial charge >= 0.3 is 0 Å². The molecule has 5 rings (SSSR count). The molecule has 1 fully saturated rings. The Morgan fingerprint density at radius 2 is 1.97 bits per heavy atom. The molecule has 1 aliphatic heterocycles. The number of aromatic nitrogens is 3. The van der Waals surface area contributed by atoms with Gasteiger partial charge in [0.2, 0.25) is 11.7 Å². The number of ether oxygens (including phenoxy) is 1. The Bertz CT molecular complexity index is 1130. The number of para-hydroxylation sites is 1. The van der Waals surface area contributed by atoms with Crippen LogP contribution in [0.15, 0.2) is 51.5 Å². The molecule has 0 saturated carbocycles. The number of anilines is 1. The summed E-state index contributed by atoms with van der Waals surface area (Å²) < 4.78 is 17.0. The normalized spacial score (nSPS) is 14.6. The number of furan rings is 1. The largest absolute Gasteiger partial charge is 0.461 e. The number of nitrogens with zero attached hydrogens (tertiary/aromatic N) is 4. The van der Waals surface area contributed by atoms with Gasteiger partial charge < -0.3 is 18.6 Å². The van der Waals surface area contributed by atoms with Gasteiger partial charge in [0.05, 0.1) is 19.6 Å². The standard InChI is InChI=1S/C22H22N4O3/c1-2-18-17(16-5-3-4-6-19(16)28-18)14-21-24-22(25-29-21)15-7-8-23-20(13-15)26-9-11-27-12-10-26/h3-8,13H,2,9-12,14H2,1H3. The summed E-state index contributed by atoms with van der Waals surface area (Å²) in [5.41, 5.74) is 2.90. The Morgan fingerprint density at radius 1 is 1.10 bits per heavy atom. The molecule has 1 saturated heterocycles. The third kappa shape index (κ3) is 3.49. The van der Waals surface area contributed by atoms with E-state index in [0.29, 0.717) is 18.1 Å². The number of hydrogen-bond acceptors (Lipinski definition) is 7. The monoisotopic (exact) mass is 390 g/mol. The van der Waals surface area contributed by atoms with Gasteiger partial charge in [-0.1, -0.05) is 30.3 Å². The molecule has 1 aromatic carbocycles. The predicted octanol–water partition coefficient (Wildman–Crippen LogP) is 3.87. The minimum absolute atomic E-state index is 0.550. The summed E-state index contributed by atoms with van der Waals surface area (Å²) in [6.45, 7) is 5.20. The van der Waals surface area contributed by atoms with Gasteiger partial charge in [-0.05, 0) is 18.2 Å². The van der Waals surface area contributed by atoms with Crippen molar-refractivity contribution in [1.29, 1.82) is 0 Å². The number of aryl methyl sites for hydroxylation is 1. The second-order valence-corrected chi connectivity index (χ2v) is 7.04. The highest BCUT2D eigenvalue weighted by Crippen LogP contribution is 2.29. The van der Waals surface area contributed by atoms with E-state index in [-0.39, 0.29) is 0 Å². The first-order valence-electron chi connectivity index (χ1n) is 9.93. The first-order valence-corrected chi connectivity index (χ1v) is 9.93. The molecule has 29 heavy (non-hydrogen) atoms. The van der Waals surface area contributed by atoms with Crippen LogP contribution in [0.1, 0.15) is 24.1 Å². The summed E-state index contributed by atoms with van der Waals surface area (Å²) in [6.07, 6.45) is 3.15. The topological polar surface area (TPSA) is 77.4 Å². The number of hydrogen-bond donors (Lipinski definition) is 0. The molecule has 1 aliphatic rings. The minimum atomic E-state index is 0.550. The minimum Gasteiger partial charge on any atom is -0.461 e. The molecule has 0 amide bonds. The third-order valence-corrected chi connectivity index (χ3v) is 5.24. The second kappa shape index (κ2) is 7.67. The van der Waals surface area contributed by atoms with Gasteiger partial charge in [-0.25, -0.2) is 4.98 Å². The number of rotatable bonds is 5. The van der Waals surface area contributed by atoms with Crippen LogP contribution < -0.4 is 4.90 Å². The van der Waals surface area contributed by atoms with Gasteiger partial charge in [-0.3, -0.25) is 0 Å². The lowest BCUT2D eigenvalue weighted by Gasteiger charge is -2.27. The van der Waals surface area contributed by atoms with E-state index in [0.717, 1.165) is 66.4 Å². The molecular weight excluding hydrogens is 368 g/mol. The highest BCUT2D eigenvalue weighted by atomic mass is 16.5. The van der Waals surface area contributed by atoms with E-state index in [9.17, 15) is 0 Å². The predicted molar refractivity (Wildman–Crippen MR) is 109 cm³/mol. The smallest absolute Gasteiger partial charge is 0.231 e. The lowest BCUT2D eigenvalue weighted by atomic mass is 10.1. The zero-order valence-corrected chi connectivity index (χ0v) is 16.3. The van der Waals surface area contributed by atoms with Gasteiger partial charge in [-0.2, -0.15) is 4.98 Å². The van der Waals surface area contributed by atoms with Crippen molar-refractivity contribution in [2.45, 2.75) is 19.8 Å². The van der Waals surface area contributed by atoms with Crippen molar-refractivity contribution in [3.05, 3.63) is 59.8 Å². The first-order chi connectivity index (χ1) is 14.3. The van der Waals surface area contributed by atoms with E-state index in [2.05, 4.69) is 33.0 Å². The van der Waals surface area contributed by atoms with Gasteiger partial charge in [0, 0.05) is 42.2 Å². The van der Waals surface area contributed by atoms with Crippen molar-refractivity contribution in [3.8, 4) is 11.4 Å². The lowest BCUT2D eigenvalue weighted by Crippen LogP contribution is -2.36. The van der Waals surface area contributed by atoms with Crippen molar-refractivity contribution < 1.29 is 13.7 Å². The number of benzene rings is 1. The summed E-state index contributed by atoms with van der Waals surface area (Å²) in [5.74, 6) is 3.02. The van der Waals surface area contributed by atoms with Crippen molar-refractivity contribution in [1.82, 2.24) is 15.1 Å². The molecule has 0 N–H and O–H groups in total. The van der Waals surface area contributed by atoms with Gasteiger partial charge in [-0.15, -0.1) is 0 Å². The van der Waals surface area contributed by atoms with E-state index >= 15 is 0 Å². The van der Waals surface area contributed by atoms with Crippen molar-refractivity contribution in [2.24, 2.45) is 0 Å². The summed E-state index contributed by atoms with van der Waals surface area (Å²) >= 11 is 0. The van der Waals surface area contributed by atoms with Crippen LogP contribution in [0.3, 0.4) is 0 Å². The quantitative estimate of drug-likeness (QED) is 0.512. The van der Waals surface area contributed by atoms with Crippen molar-refractivity contribution in [2.75, 3.05) is 31.2 Å². The molecule has 7 nitrogen and oxygen atoms in total. The van der Waals surface area contributed by atoms with E-state index in [1.54, 1.807) is 6.20 Å². The molecule has 0 atom stereocenters. The zero-order chi connectivity index (χ0) is 19.6. The second-order valence-electron chi connectivity index (χ2n) is 7.04. The number of pyridine rings is 1. The molecule has 0 unspecified atom stereocenters. The van der Waals surface area contributed by atoms with Crippen molar-refractivity contribution >= 4 is 16.8 Å². The molecule has 3 aromatic heterocycles. The maximum atomic E-state index is 5.98. The van der Waals surface area contributed by atoms with Crippen LogP contribution in [-0.4, -0.2) is 41.4 Å². The molecule has 0 spiro atoms. The van der Waals surface area contributed by atoms with E-state index in [4.69, 9.17) is 13.7 Å². The van der Waals surface area contributed by atoms with E-state index in [1.165, 1.54) is 0 Å². The van der Waals surface area contributed by atoms with Crippen LogP contribution in [0.4, 0.5) is 5.82 Å².